The second-order valence-electron chi connectivity index (χ2n) is 3.74. The third kappa shape index (κ3) is 3.36. The quantitative estimate of drug-likeness (QED) is 0.614. The first-order valence-electron chi connectivity index (χ1n) is 5.32. The molecule has 0 amide bonds. The van der Waals surface area contributed by atoms with Crippen LogP contribution in [0.1, 0.15) is 23.1 Å². The molecule has 3 nitrogen and oxygen atoms in total. The average molecular weight is 221 g/mol. The maximum Gasteiger partial charge on any atom is 0.122 e. The number of hydrogen-bond acceptors (Lipinski definition) is 3. The Bertz CT molecular complexity index is 372. The molecule has 0 saturated carbocycles. The largest absolute Gasteiger partial charge is 0.496 e. The lowest BCUT2D eigenvalue weighted by molar-refractivity contribution is 0.143. The first-order valence-corrected chi connectivity index (χ1v) is 5.32. The average Bonchev–Trinajstić information content (AvgIpc) is 2.28. The molecule has 0 atom stereocenters. The summed E-state index contributed by atoms with van der Waals surface area (Å²) in [4.78, 5) is 4.50. The van der Waals surface area contributed by atoms with Crippen molar-refractivity contribution in [2.45, 2.75) is 20.3 Å². The molecule has 1 aromatic rings. The fourth-order valence-corrected chi connectivity index (χ4v) is 1.56. The molecule has 3 heteroatoms. The Morgan fingerprint density at radius 1 is 1.25 bits per heavy atom. The first kappa shape index (κ1) is 12.7. The second-order valence-corrected chi connectivity index (χ2v) is 3.74. The van der Waals surface area contributed by atoms with Crippen molar-refractivity contribution in [3.05, 3.63) is 34.9 Å². The minimum atomic E-state index is 0.546. The molecule has 0 heterocycles. The van der Waals surface area contributed by atoms with Crippen molar-refractivity contribution in [2.75, 3.05) is 13.7 Å². The summed E-state index contributed by atoms with van der Waals surface area (Å²) >= 11 is 0. The van der Waals surface area contributed by atoms with Crippen molar-refractivity contribution in [2.24, 2.45) is 5.90 Å². The van der Waals surface area contributed by atoms with Crippen molar-refractivity contribution in [1.82, 2.24) is 0 Å². The lowest BCUT2D eigenvalue weighted by Gasteiger charge is -2.08. The third-order valence-electron chi connectivity index (χ3n) is 2.48. The van der Waals surface area contributed by atoms with Gasteiger partial charge >= 0.3 is 0 Å². The zero-order valence-corrected chi connectivity index (χ0v) is 10.1. The van der Waals surface area contributed by atoms with E-state index >= 15 is 0 Å². The Morgan fingerprint density at radius 3 is 2.62 bits per heavy atom. The fraction of sp³-hybridized carbons (Fsp3) is 0.385. The molecule has 0 fully saturated rings. The maximum atomic E-state index is 5.26. The Kier molecular flexibility index (Phi) is 5.02. The molecule has 0 aromatic heterocycles. The van der Waals surface area contributed by atoms with E-state index in [4.69, 9.17) is 10.6 Å². The van der Waals surface area contributed by atoms with Gasteiger partial charge in [-0.05, 0) is 49.1 Å². The Hall–Kier alpha value is -1.32. The smallest absolute Gasteiger partial charge is 0.122 e. The van der Waals surface area contributed by atoms with Gasteiger partial charge in [-0.25, -0.2) is 5.90 Å². The van der Waals surface area contributed by atoms with Gasteiger partial charge in [0.05, 0.1) is 13.7 Å². The second kappa shape index (κ2) is 6.30. The van der Waals surface area contributed by atoms with Gasteiger partial charge in [0.1, 0.15) is 5.75 Å². The normalized spacial score (nSPS) is 11.0. The number of ether oxygens (including phenoxy) is 1. The maximum absolute atomic E-state index is 5.26. The van der Waals surface area contributed by atoms with E-state index in [0.717, 1.165) is 17.7 Å². The van der Waals surface area contributed by atoms with Crippen LogP contribution >= 0.6 is 0 Å². The number of rotatable bonds is 5. The molecule has 0 aliphatic carbocycles. The SMILES string of the molecule is COc1cc(C)c(/C=C/CCON)cc1C. The van der Waals surface area contributed by atoms with Gasteiger partial charge in [-0.2, -0.15) is 0 Å². The first-order chi connectivity index (χ1) is 7.69. The number of hydrogen-bond donors (Lipinski definition) is 1. The van der Waals surface area contributed by atoms with Gasteiger partial charge in [0.2, 0.25) is 0 Å². The molecule has 0 saturated heterocycles. The fourth-order valence-electron chi connectivity index (χ4n) is 1.56. The van der Waals surface area contributed by atoms with Crippen LogP contribution in [0.5, 0.6) is 5.75 Å². The molecule has 0 spiro atoms. The Balaban J connectivity index is 2.81. The molecule has 0 aliphatic heterocycles. The van der Waals surface area contributed by atoms with Crippen LogP contribution in [0, 0.1) is 13.8 Å². The minimum absolute atomic E-state index is 0.546. The highest BCUT2D eigenvalue weighted by atomic mass is 16.6. The summed E-state index contributed by atoms with van der Waals surface area (Å²) in [5, 5.41) is 0. The highest BCUT2D eigenvalue weighted by Crippen LogP contribution is 2.23. The van der Waals surface area contributed by atoms with Gasteiger partial charge in [0.15, 0.2) is 0 Å². The molecule has 0 aliphatic rings. The monoisotopic (exact) mass is 221 g/mol. The van der Waals surface area contributed by atoms with E-state index in [0.29, 0.717) is 6.61 Å². The van der Waals surface area contributed by atoms with Crippen molar-refractivity contribution in [3.8, 4) is 5.75 Å². The standard InChI is InChI=1S/C13H19NO2/c1-10-9-13(15-3)11(2)8-12(10)6-4-5-7-16-14/h4,6,8-9H,5,7,14H2,1-3H3/b6-4+. The van der Waals surface area contributed by atoms with Crippen molar-refractivity contribution in [1.29, 1.82) is 0 Å². The third-order valence-corrected chi connectivity index (χ3v) is 2.48. The molecule has 2 N–H and O–H groups in total. The molecular weight excluding hydrogens is 202 g/mol. The molecule has 1 rings (SSSR count). The molecule has 16 heavy (non-hydrogen) atoms. The highest BCUT2D eigenvalue weighted by Gasteiger charge is 2.01. The highest BCUT2D eigenvalue weighted by molar-refractivity contribution is 5.57. The van der Waals surface area contributed by atoms with Crippen molar-refractivity contribution >= 4 is 6.08 Å². The van der Waals surface area contributed by atoms with Gasteiger partial charge < -0.3 is 9.57 Å². The lowest BCUT2D eigenvalue weighted by atomic mass is 10.0. The zero-order valence-electron chi connectivity index (χ0n) is 10.1. The van der Waals surface area contributed by atoms with Crippen LogP contribution in [0.4, 0.5) is 0 Å². The molecule has 0 bridgehead atoms. The van der Waals surface area contributed by atoms with E-state index < -0.39 is 0 Å². The molecule has 88 valence electrons. The zero-order chi connectivity index (χ0) is 12.0. The van der Waals surface area contributed by atoms with Crippen LogP contribution in [0.3, 0.4) is 0 Å². The van der Waals surface area contributed by atoms with Crippen LogP contribution in [-0.2, 0) is 4.84 Å². The van der Waals surface area contributed by atoms with Gasteiger partial charge in [-0.15, -0.1) is 0 Å². The van der Waals surface area contributed by atoms with E-state index in [9.17, 15) is 0 Å². The number of nitrogens with two attached hydrogens (primary N) is 1. The van der Waals surface area contributed by atoms with Gasteiger partial charge in [0.25, 0.3) is 0 Å². The molecule has 1 aromatic carbocycles. The predicted molar refractivity (Wildman–Crippen MR) is 66.3 cm³/mol. The minimum Gasteiger partial charge on any atom is -0.496 e. The van der Waals surface area contributed by atoms with E-state index in [2.05, 4.69) is 36.0 Å². The van der Waals surface area contributed by atoms with Crippen LogP contribution < -0.4 is 10.6 Å². The summed E-state index contributed by atoms with van der Waals surface area (Å²) in [6.45, 7) is 4.66. The summed E-state index contributed by atoms with van der Waals surface area (Å²) in [5.41, 5.74) is 3.55. The number of methoxy groups -OCH3 is 1. The lowest BCUT2D eigenvalue weighted by Crippen LogP contribution is -1.98. The summed E-state index contributed by atoms with van der Waals surface area (Å²) in [6, 6.07) is 4.17. The number of benzene rings is 1. The van der Waals surface area contributed by atoms with Crippen LogP contribution in [0.25, 0.3) is 6.08 Å². The van der Waals surface area contributed by atoms with Crippen LogP contribution in [-0.4, -0.2) is 13.7 Å². The molecular formula is C13H19NO2. The van der Waals surface area contributed by atoms with E-state index in [1.54, 1.807) is 7.11 Å². The van der Waals surface area contributed by atoms with Gasteiger partial charge in [-0.1, -0.05) is 12.2 Å². The topological polar surface area (TPSA) is 44.5 Å². The van der Waals surface area contributed by atoms with E-state index in [1.165, 1.54) is 11.1 Å². The summed E-state index contributed by atoms with van der Waals surface area (Å²) in [5.74, 6) is 5.88. The van der Waals surface area contributed by atoms with Crippen molar-refractivity contribution in [3.63, 3.8) is 0 Å². The van der Waals surface area contributed by atoms with Gasteiger partial charge in [0, 0.05) is 0 Å². The Morgan fingerprint density at radius 2 is 2.00 bits per heavy atom. The van der Waals surface area contributed by atoms with E-state index in [1.807, 2.05) is 6.92 Å². The summed E-state index contributed by atoms with van der Waals surface area (Å²) < 4.78 is 5.26. The number of aryl methyl sites for hydroxylation is 2. The predicted octanol–water partition coefficient (Wildman–Crippen LogP) is 2.61. The summed E-state index contributed by atoms with van der Waals surface area (Å²) in [7, 11) is 1.69. The van der Waals surface area contributed by atoms with Crippen molar-refractivity contribution < 1.29 is 9.57 Å². The van der Waals surface area contributed by atoms with E-state index in [-0.39, 0.29) is 0 Å². The molecule has 0 radical (unpaired) electrons. The summed E-state index contributed by atoms with van der Waals surface area (Å²) in [6.07, 6.45) is 4.96. The van der Waals surface area contributed by atoms with Crippen LogP contribution in [0.2, 0.25) is 0 Å². The Labute approximate surface area is 96.8 Å². The molecule has 0 unspecified atom stereocenters. The van der Waals surface area contributed by atoms with Crippen LogP contribution in [0.15, 0.2) is 18.2 Å². The van der Waals surface area contributed by atoms with Gasteiger partial charge in [-0.3, -0.25) is 0 Å².